The summed E-state index contributed by atoms with van der Waals surface area (Å²) in [4.78, 5) is 24.2. The van der Waals surface area contributed by atoms with Gasteiger partial charge in [0.2, 0.25) is 0 Å². The molecule has 0 radical (unpaired) electrons. The van der Waals surface area contributed by atoms with Gasteiger partial charge in [0, 0.05) is 33.7 Å². The lowest BCUT2D eigenvalue weighted by molar-refractivity contribution is -0.139. The van der Waals surface area contributed by atoms with Gasteiger partial charge >= 0.3 is 5.97 Å². The van der Waals surface area contributed by atoms with E-state index in [4.69, 9.17) is 44.3 Å². The second kappa shape index (κ2) is 10.9. The first-order chi connectivity index (χ1) is 16.7. The van der Waals surface area contributed by atoms with Crippen LogP contribution in [-0.2, 0) is 11.2 Å². The normalized spacial score (nSPS) is 14.7. The van der Waals surface area contributed by atoms with Crippen LogP contribution < -0.4 is 9.47 Å². The van der Waals surface area contributed by atoms with E-state index >= 15 is 0 Å². The van der Waals surface area contributed by atoms with Crippen LogP contribution in [0, 0.1) is 6.92 Å². The third-order valence-corrected chi connectivity index (χ3v) is 6.87. The van der Waals surface area contributed by atoms with Crippen molar-refractivity contribution >= 4 is 46.6 Å². The minimum Gasteiger partial charge on any atom is -0.493 e. The first-order valence-electron chi connectivity index (χ1n) is 11.2. The van der Waals surface area contributed by atoms with Gasteiger partial charge in [-0.05, 0) is 73.7 Å². The lowest BCUT2D eigenvalue weighted by atomic mass is 9.93. The van der Waals surface area contributed by atoms with Crippen molar-refractivity contribution in [2.45, 2.75) is 38.5 Å². The van der Waals surface area contributed by atoms with Crippen molar-refractivity contribution in [2.24, 2.45) is 0 Å². The Hall–Kier alpha value is -2.73. The molecule has 1 aliphatic heterocycles. The molecule has 182 valence electrons. The molecule has 8 heteroatoms. The van der Waals surface area contributed by atoms with Gasteiger partial charge in [-0.2, -0.15) is 0 Å². The number of aryl methyl sites for hydroxylation is 2. The van der Waals surface area contributed by atoms with Gasteiger partial charge in [0.05, 0.1) is 17.5 Å². The third-order valence-electron chi connectivity index (χ3n) is 5.98. The van der Waals surface area contributed by atoms with Crippen LogP contribution in [0.3, 0.4) is 0 Å². The Kier molecular flexibility index (Phi) is 7.90. The lowest BCUT2D eigenvalue weighted by Crippen LogP contribution is -2.20. The highest BCUT2D eigenvalue weighted by molar-refractivity contribution is 6.35. The smallest absolute Gasteiger partial charge is 0.311 e. The molecule has 1 aliphatic rings. The van der Waals surface area contributed by atoms with Gasteiger partial charge in [0.15, 0.2) is 5.78 Å². The van der Waals surface area contributed by atoms with E-state index in [2.05, 4.69) is 0 Å². The Morgan fingerprint density at radius 3 is 2.54 bits per heavy atom. The number of Topliss-reactive ketones (excluding diaryl/α,β-unsaturated/α-hetero) is 1. The average molecular weight is 534 g/mol. The van der Waals surface area contributed by atoms with E-state index in [0.29, 0.717) is 75.7 Å². The Balaban J connectivity index is 1.43. The predicted octanol–water partition coefficient (Wildman–Crippen LogP) is 7.90. The molecular formula is C27H23Cl3O5. The summed E-state index contributed by atoms with van der Waals surface area (Å²) in [7, 11) is 0. The number of ether oxygens (including phenoxy) is 2. The van der Waals surface area contributed by atoms with E-state index in [1.54, 1.807) is 42.5 Å². The highest BCUT2D eigenvalue weighted by Crippen LogP contribution is 2.42. The van der Waals surface area contributed by atoms with E-state index in [-0.39, 0.29) is 5.78 Å². The zero-order valence-corrected chi connectivity index (χ0v) is 21.2. The number of rotatable bonds is 8. The molecular weight excluding hydrogens is 511 g/mol. The number of carboxylic acids is 1. The highest BCUT2D eigenvalue weighted by atomic mass is 35.5. The number of ketones is 1. The molecule has 1 unspecified atom stereocenters. The minimum atomic E-state index is -0.911. The zero-order valence-electron chi connectivity index (χ0n) is 18.9. The van der Waals surface area contributed by atoms with Crippen LogP contribution in [-0.4, -0.2) is 23.5 Å². The maximum atomic E-state index is 12.7. The van der Waals surface area contributed by atoms with E-state index in [0.717, 1.165) is 11.1 Å². The quantitative estimate of drug-likeness (QED) is 0.298. The summed E-state index contributed by atoms with van der Waals surface area (Å²) in [5, 5.41) is 10.9. The summed E-state index contributed by atoms with van der Waals surface area (Å²) in [6.45, 7) is 2.16. The number of hydrogen-bond donors (Lipinski definition) is 1. The largest absolute Gasteiger partial charge is 0.493 e. The second-order valence-electron chi connectivity index (χ2n) is 8.44. The van der Waals surface area contributed by atoms with Gasteiger partial charge < -0.3 is 14.6 Å². The third kappa shape index (κ3) is 5.92. The standard InChI is InChI=1S/C27H23Cl3O5/c1-15-11-17(23(31)4-2-3-16-5-7-18(28)12-21(16)29)6-8-24(15)35-26-14-25-20(13-22(26)30)19(27(32)33)9-10-34-25/h5-8,11-14,19H,2-4,9-10H2,1H3,(H,32,33). The number of carbonyl (C=O) groups is 2. The maximum Gasteiger partial charge on any atom is 0.311 e. The number of halogens is 3. The number of carboxylic acid groups (broad SMARTS) is 1. The minimum absolute atomic E-state index is 0.0321. The van der Waals surface area contributed by atoms with Crippen LogP contribution in [0.2, 0.25) is 15.1 Å². The summed E-state index contributed by atoms with van der Waals surface area (Å²) in [5.41, 5.74) is 2.87. The average Bonchev–Trinajstić information content (AvgIpc) is 2.81. The molecule has 0 spiro atoms. The molecule has 1 N–H and O–H groups in total. The SMILES string of the molecule is Cc1cc(C(=O)CCCc2ccc(Cl)cc2Cl)ccc1Oc1cc2c(cc1Cl)C(C(=O)O)CCO2. The number of fused-ring (bicyclic) bond motifs is 1. The monoisotopic (exact) mass is 532 g/mol. The maximum absolute atomic E-state index is 12.7. The molecule has 0 fully saturated rings. The molecule has 0 bridgehead atoms. The molecule has 1 atom stereocenters. The number of benzene rings is 3. The molecule has 3 aromatic rings. The van der Waals surface area contributed by atoms with E-state index in [1.165, 1.54) is 0 Å². The van der Waals surface area contributed by atoms with Crippen molar-refractivity contribution in [3.63, 3.8) is 0 Å². The van der Waals surface area contributed by atoms with Gasteiger partial charge in [-0.15, -0.1) is 0 Å². The van der Waals surface area contributed by atoms with Crippen LogP contribution in [0.1, 0.15) is 52.2 Å². The Morgan fingerprint density at radius 2 is 1.83 bits per heavy atom. The van der Waals surface area contributed by atoms with Crippen molar-refractivity contribution in [2.75, 3.05) is 6.61 Å². The molecule has 35 heavy (non-hydrogen) atoms. The number of hydrogen-bond acceptors (Lipinski definition) is 4. The molecule has 0 aromatic heterocycles. The summed E-state index contributed by atoms with van der Waals surface area (Å²) in [6.07, 6.45) is 2.13. The Morgan fingerprint density at radius 1 is 1.03 bits per heavy atom. The van der Waals surface area contributed by atoms with Crippen molar-refractivity contribution < 1.29 is 24.2 Å². The molecule has 1 heterocycles. The number of aliphatic carboxylic acids is 1. The number of carbonyl (C=O) groups excluding carboxylic acids is 1. The van der Waals surface area contributed by atoms with Gasteiger partial charge in [0.25, 0.3) is 0 Å². The molecule has 0 amide bonds. The van der Waals surface area contributed by atoms with E-state index in [9.17, 15) is 14.7 Å². The first-order valence-corrected chi connectivity index (χ1v) is 12.3. The summed E-state index contributed by atoms with van der Waals surface area (Å²) < 4.78 is 11.6. The van der Waals surface area contributed by atoms with Crippen molar-refractivity contribution in [3.05, 3.63) is 85.9 Å². The second-order valence-corrected chi connectivity index (χ2v) is 9.69. The summed E-state index contributed by atoms with van der Waals surface area (Å²) >= 11 is 18.5. The highest BCUT2D eigenvalue weighted by Gasteiger charge is 2.29. The fourth-order valence-corrected chi connectivity index (χ4v) is 4.80. The van der Waals surface area contributed by atoms with E-state index in [1.807, 2.05) is 13.0 Å². The van der Waals surface area contributed by atoms with Crippen molar-refractivity contribution in [1.82, 2.24) is 0 Å². The molecule has 4 rings (SSSR count). The molecule has 0 saturated carbocycles. The first kappa shape index (κ1) is 25.4. The van der Waals surface area contributed by atoms with E-state index < -0.39 is 11.9 Å². The van der Waals surface area contributed by atoms with Crippen molar-refractivity contribution in [1.29, 1.82) is 0 Å². The predicted molar refractivity (Wildman–Crippen MR) is 137 cm³/mol. The Labute approximate surface area is 218 Å². The van der Waals surface area contributed by atoms with Crippen LogP contribution in [0.5, 0.6) is 17.2 Å². The zero-order chi connectivity index (χ0) is 25.1. The summed E-state index contributed by atoms with van der Waals surface area (Å²) in [6, 6.07) is 13.8. The van der Waals surface area contributed by atoms with Crippen LogP contribution in [0.25, 0.3) is 0 Å². The van der Waals surface area contributed by atoms with Gasteiger partial charge in [-0.3, -0.25) is 9.59 Å². The van der Waals surface area contributed by atoms with Crippen LogP contribution in [0.4, 0.5) is 0 Å². The summed E-state index contributed by atoms with van der Waals surface area (Å²) in [5.74, 6) is -0.182. The lowest BCUT2D eigenvalue weighted by Gasteiger charge is -2.24. The fraction of sp³-hybridized carbons (Fsp3) is 0.259. The van der Waals surface area contributed by atoms with Crippen molar-refractivity contribution in [3.8, 4) is 17.2 Å². The molecule has 3 aromatic carbocycles. The van der Waals surface area contributed by atoms with Crippen LogP contribution >= 0.6 is 34.8 Å². The molecule has 0 aliphatic carbocycles. The fourth-order valence-electron chi connectivity index (χ4n) is 4.09. The topological polar surface area (TPSA) is 72.8 Å². The Bertz CT molecular complexity index is 1290. The molecule has 5 nitrogen and oxygen atoms in total. The van der Waals surface area contributed by atoms with Gasteiger partial charge in [-0.1, -0.05) is 40.9 Å². The van der Waals surface area contributed by atoms with Gasteiger partial charge in [0.1, 0.15) is 17.2 Å². The van der Waals surface area contributed by atoms with Gasteiger partial charge in [-0.25, -0.2) is 0 Å². The van der Waals surface area contributed by atoms with Crippen LogP contribution in [0.15, 0.2) is 48.5 Å². The molecule has 0 saturated heterocycles.